The molecule has 2 aliphatic heterocycles. The van der Waals surface area contributed by atoms with Crippen LogP contribution in [0.15, 0.2) is 48.5 Å². The average Bonchev–Trinajstić information content (AvgIpc) is 3.04. The van der Waals surface area contributed by atoms with E-state index in [1.807, 2.05) is 37.3 Å². The highest BCUT2D eigenvalue weighted by Gasteiger charge is 2.36. The number of amides is 3. The molecule has 0 bridgehead atoms. The van der Waals surface area contributed by atoms with E-state index in [1.54, 1.807) is 23.1 Å². The molecule has 31 heavy (non-hydrogen) atoms. The first kappa shape index (κ1) is 21.2. The maximum atomic E-state index is 13.2. The van der Waals surface area contributed by atoms with Gasteiger partial charge in [0.2, 0.25) is 0 Å². The molecular weight excluding hydrogens is 392 g/mol. The predicted molar refractivity (Wildman–Crippen MR) is 117 cm³/mol. The van der Waals surface area contributed by atoms with E-state index < -0.39 is 0 Å². The molecule has 2 aromatic carbocycles. The highest BCUT2D eigenvalue weighted by atomic mass is 16.5. The van der Waals surface area contributed by atoms with Crippen LogP contribution in [0.3, 0.4) is 0 Å². The maximum absolute atomic E-state index is 13.2. The fraction of sp³-hybridized carbons (Fsp3) is 0.400. The Morgan fingerprint density at radius 3 is 2.55 bits per heavy atom. The van der Waals surface area contributed by atoms with E-state index in [0.717, 1.165) is 37.9 Å². The van der Waals surface area contributed by atoms with E-state index in [1.165, 1.54) is 4.90 Å². The topological polar surface area (TPSA) is 66.9 Å². The molecule has 1 unspecified atom stereocenters. The van der Waals surface area contributed by atoms with Crippen LogP contribution >= 0.6 is 0 Å². The lowest BCUT2D eigenvalue weighted by Crippen LogP contribution is -2.40. The first-order valence-electron chi connectivity index (χ1n) is 11.0. The van der Waals surface area contributed by atoms with Crippen molar-refractivity contribution in [2.45, 2.75) is 45.3 Å². The highest BCUT2D eigenvalue weighted by Crippen LogP contribution is 2.26. The van der Waals surface area contributed by atoms with Gasteiger partial charge in [-0.2, -0.15) is 0 Å². The second-order valence-corrected chi connectivity index (χ2v) is 8.18. The summed E-state index contributed by atoms with van der Waals surface area (Å²) >= 11 is 0. The van der Waals surface area contributed by atoms with Crippen LogP contribution in [0.1, 0.15) is 69.2 Å². The van der Waals surface area contributed by atoms with Crippen LogP contribution in [-0.4, -0.2) is 53.3 Å². The monoisotopic (exact) mass is 420 g/mol. The Hall–Kier alpha value is -2.99. The number of carbonyl (C=O) groups excluding carboxylic acids is 3. The van der Waals surface area contributed by atoms with Crippen molar-refractivity contribution in [3.63, 3.8) is 0 Å². The number of ether oxygens (including phenoxy) is 1. The van der Waals surface area contributed by atoms with E-state index in [9.17, 15) is 14.4 Å². The number of imide groups is 1. The standard InChI is InChI=1S/C25H28N2O4/c1-2-13-26(17-20-10-6-7-14-31-20)23(28)19-11-12-21-22(15-19)25(30)27(24(21)29)16-18-8-4-3-5-9-18/h3-5,8-9,11-12,15,20H,2,6-7,10,13-14,16-17H2,1H3. The first-order chi connectivity index (χ1) is 15.1. The summed E-state index contributed by atoms with van der Waals surface area (Å²) in [7, 11) is 0. The molecule has 0 aromatic heterocycles. The van der Waals surface area contributed by atoms with E-state index >= 15 is 0 Å². The Labute approximate surface area is 182 Å². The summed E-state index contributed by atoms with van der Waals surface area (Å²) in [6.45, 7) is 4.18. The summed E-state index contributed by atoms with van der Waals surface area (Å²) in [4.78, 5) is 42.0. The highest BCUT2D eigenvalue weighted by molar-refractivity contribution is 6.22. The number of rotatable bonds is 7. The van der Waals surface area contributed by atoms with Gasteiger partial charge in [0, 0.05) is 25.3 Å². The van der Waals surface area contributed by atoms with Crippen LogP contribution in [0.2, 0.25) is 0 Å². The van der Waals surface area contributed by atoms with Crippen LogP contribution in [0, 0.1) is 0 Å². The SMILES string of the molecule is CCCN(CC1CCCCO1)C(=O)c1ccc2c(c1)C(=O)N(Cc1ccccc1)C2=O. The number of benzene rings is 2. The van der Waals surface area contributed by atoms with Crippen molar-refractivity contribution in [1.82, 2.24) is 9.80 Å². The lowest BCUT2D eigenvalue weighted by atomic mass is 10.0. The van der Waals surface area contributed by atoms with Gasteiger partial charge >= 0.3 is 0 Å². The minimum atomic E-state index is -0.351. The molecule has 6 nitrogen and oxygen atoms in total. The molecule has 1 atom stereocenters. The van der Waals surface area contributed by atoms with Crippen molar-refractivity contribution in [3.8, 4) is 0 Å². The van der Waals surface area contributed by atoms with Gasteiger partial charge in [0.25, 0.3) is 17.7 Å². The average molecular weight is 421 g/mol. The Bertz CT molecular complexity index is 967. The normalized spacial score (nSPS) is 18.2. The molecule has 2 aromatic rings. The van der Waals surface area contributed by atoms with Crippen molar-refractivity contribution in [1.29, 1.82) is 0 Å². The van der Waals surface area contributed by atoms with Crippen LogP contribution < -0.4 is 0 Å². The molecule has 0 saturated carbocycles. The molecule has 1 saturated heterocycles. The zero-order valence-electron chi connectivity index (χ0n) is 17.9. The van der Waals surface area contributed by atoms with E-state index in [4.69, 9.17) is 4.74 Å². The molecule has 2 heterocycles. The van der Waals surface area contributed by atoms with Gasteiger partial charge in [-0.1, -0.05) is 37.3 Å². The molecular formula is C25H28N2O4. The third-order valence-corrected chi connectivity index (χ3v) is 5.88. The van der Waals surface area contributed by atoms with Gasteiger partial charge in [-0.15, -0.1) is 0 Å². The second-order valence-electron chi connectivity index (χ2n) is 8.18. The van der Waals surface area contributed by atoms with Gasteiger partial charge in [-0.05, 0) is 49.4 Å². The molecule has 0 aliphatic carbocycles. The minimum Gasteiger partial charge on any atom is -0.376 e. The van der Waals surface area contributed by atoms with Crippen LogP contribution in [-0.2, 0) is 11.3 Å². The zero-order valence-corrected chi connectivity index (χ0v) is 17.9. The van der Waals surface area contributed by atoms with Gasteiger partial charge in [0.15, 0.2) is 0 Å². The number of carbonyl (C=O) groups is 3. The third-order valence-electron chi connectivity index (χ3n) is 5.88. The summed E-state index contributed by atoms with van der Waals surface area (Å²) in [5.41, 5.74) is 1.98. The van der Waals surface area contributed by atoms with Crippen molar-refractivity contribution in [2.24, 2.45) is 0 Å². The smallest absolute Gasteiger partial charge is 0.261 e. The Kier molecular flexibility index (Phi) is 6.47. The van der Waals surface area contributed by atoms with Crippen LogP contribution in [0.25, 0.3) is 0 Å². The molecule has 1 fully saturated rings. The molecule has 4 rings (SSSR count). The summed E-state index contributed by atoms with van der Waals surface area (Å²) < 4.78 is 5.82. The Morgan fingerprint density at radius 1 is 1.06 bits per heavy atom. The van der Waals surface area contributed by atoms with Crippen molar-refractivity contribution in [3.05, 3.63) is 70.8 Å². The maximum Gasteiger partial charge on any atom is 0.261 e. The lowest BCUT2D eigenvalue weighted by Gasteiger charge is -2.30. The van der Waals surface area contributed by atoms with E-state index in [0.29, 0.717) is 29.8 Å². The molecule has 0 N–H and O–H groups in total. The zero-order chi connectivity index (χ0) is 21.8. The van der Waals surface area contributed by atoms with Crippen molar-refractivity contribution in [2.75, 3.05) is 19.7 Å². The number of fused-ring (bicyclic) bond motifs is 1. The summed E-state index contributed by atoms with van der Waals surface area (Å²) in [5.74, 6) is -0.791. The first-order valence-corrected chi connectivity index (χ1v) is 11.0. The fourth-order valence-corrected chi connectivity index (χ4v) is 4.26. The van der Waals surface area contributed by atoms with Gasteiger partial charge in [-0.3, -0.25) is 19.3 Å². The minimum absolute atomic E-state index is 0.0586. The quantitative estimate of drug-likeness (QED) is 0.637. The Balaban J connectivity index is 1.53. The third kappa shape index (κ3) is 4.54. The van der Waals surface area contributed by atoms with Gasteiger partial charge in [0.1, 0.15) is 0 Å². The largest absolute Gasteiger partial charge is 0.376 e. The molecule has 6 heteroatoms. The number of hydrogen-bond acceptors (Lipinski definition) is 4. The van der Waals surface area contributed by atoms with Crippen LogP contribution in [0.5, 0.6) is 0 Å². The van der Waals surface area contributed by atoms with Crippen LogP contribution in [0.4, 0.5) is 0 Å². The van der Waals surface area contributed by atoms with Crippen molar-refractivity contribution < 1.29 is 19.1 Å². The van der Waals surface area contributed by atoms with E-state index in [2.05, 4.69) is 0 Å². The van der Waals surface area contributed by atoms with Gasteiger partial charge in [0.05, 0.1) is 23.8 Å². The lowest BCUT2D eigenvalue weighted by molar-refractivity contribution is -0.00383. The molecule has 3 amide bonds. The molecule has 0 radical (unpaired) electrons. The van der Waals surface area contributed by atoms with Gasteiger partial charge in [-0.25, -0.2) is 0 Å². The van der Waals surface area contributed by atoms with Gasteiger partial charge < -0.3 is 9.64 Å². The number of nitrogens with zero attached hydrogens (tertiary/aromatic N) is 2. The fourth-order valence-electron chi connectivity index (χ4n) is 4.26. The molecule has 162 valence electrons. The Morgan fingerprint density at radius 2 is 1.84 bits per heavy atom. The van der Waals surface area contributed by atoms with E-state index in [-0.39, 0.29) is 30.4 Å². The number of hydrogen-bond donors (Lipinski definition) is 0. The molecule has 0 spiro atoms. The summed E-state index contributed by atoms with van der Waals surface area (Å²) in [5, 5.41) is 0. The predicted octanol–water partition coefficient (Wildman–Crippen LogP) is 3.90. The summed E-state index contributed by atoms with van der Waals surface area (Å²) in [6.07, 6.45) is 4.04. The molecule has 2 aliphatic rings. The van der Waals surface area contributed by atoms with Crippen molar-refractivity contribution >= 4 is 17.7 Å². The summed E-state index contributed by atoms with van der Waals surface area (Å²) in [6, 6.07) is 14.3. The second kappa shape index (κ2) is 9.43.